The van der Waals surface area contributed by atoms with E-state index in [2.05, 4.69) is 22.1 Å². The Labute approximate surface area is 88.3 Å². The molecule has 0 bridgehead atoms. The van der Waals surface area contributed by atoms with Crippen molar-refractivity contribution in [1.82, 2.24) is 15.0 Å². The Kier molecular flexibility index (Phi) is 2.64. The van der Waals surface area contributed by atoms with Gasteiger partial charge < -0.3 is 0 Å². The number of aromatic nitrogens is 3. The van der Waals surface area contributed by atoms with Crippen molar-refractivity contribution in [3.63, 3.8) is 0 Å². The summed E-state index contributed by atoms with van der Waals surface area (Å²) in [5.74, 6) is 0. The van der Waals surface area contributed by atoms with E-state index in [0.29, 0.717) is 5.69 Å². The van der Waals surface area contributed by atoms with Crippen LogP contribution in [-0.2, 0) is 6.54 Å². The maximum Gasteiger partial charge on any atom is 0.189 e. The molecule has 0 aliphatic carbocycles. The van der Waals surface area contributed by atoms with Crippen LogP contribution in [0.25, 0.3) is 15.9 Å². The minimum Gasteiger partial charge on any atom is -0.246 e. The third kappa shape index (κ3) is 1.82. The first-order valence-corrected chi connectivity index (χ1v) is 5.06. The fraction of sp³-hybridized carbons (Fsp3) is 0.364. The molecule has 0 amide bonds. The van der Waals surface area contributed by atoms with Crippen molar-refractivity contribution < 1.29 is 0 Å². The summed E-state index contributed by atoms with van der Waals surface area (Å²) in [4.78, 5) is 3.40. The molecular formula is C11H12N4. The van der Waals surface area contributed by atoms with Crippen molar-refractivity contribution in [3.8, 4) is 0 Å². The topological polar surface area (TPSA) is 35.1 Å². The second-order valence-corrected chi connectivity index (χ2v) is 3.45. The maximum absolute atomic E-state index is 6.96. The molecule has 0 N–H and O–H groups in total. The number of fused-ring (bicyclic) bond motifs is 1. The van der Waals surface area contributed by atoms with Crippen molar-refractivity contribution in [2.24, 2.45) is 0 Å². The van der Waals surface area contributed by atoms with Gasteiger partial charge in [0.1, 0.15) is 5.52 Å². The lowest BCUT2D eigenvalue weighted by Crippen LogP contribution is -1.99. The van der Waals surface area contributed by atoms with Gasteiger partial charge in [-0.05, 0) is 18.6 Å². The molecule has 0 unspecified atom stereocenters. The van der Waals surface area contributed by atoms with Gasteiger partial charge in [-0.2, -0.15) is 0 Å². The van der Waals surface area contributed by atoms with Crippen LogP contribution in [0.4, 0.5) is 5.69 Å². The van der Waals surface area contributed by atoms with Crippen LogP contribution < -0.4 is 0 Å². The van der Waals surface area contributed by atoms with Gasteiger partial charge in [0.2, 0.25) is 0 Å². The lowest BCUT2D eigenvalue weighted by Gasteiger charge is -1.99. The Balaban J connectivity index is 2.43. The summed E-state index contributed by atoms with van der Waals surface area (Å²) in [5, 5.41) is 8.13. The van der Waals surface area contributed by atoms with E-state index >= 15 is 0 Å². The van der Waals surface area contributed by atoms with E-state index in [1.807, 2.05) is 16.8 Å². The summed E-state index contributed by atoms with van der Waals surface area (Å²) in [7, 11) is 0. The summed E-state index contributed by atoms with van der Waals surface area (Å²) in [6.45, 7) is 9.97. The smallest absolute Gasteiger partial charge is 0.189 e. The average Bonchev–Trinajstić information content (AvgIpc) is 2.68. The molecule has 1 heterocycles. The van der Waals surface area contributed by atoms with Gasteiger partial charge in [-0.25, -0.2) is 9.53 Å². The van der Waals surface area contributed by atoms with Gasteiger partial charge in [-0.1, -0.05) is 24.6 Å². The number of rotatable bonds is 3. The summed E-state index contributed by atoms with van der Waals surface area (Å²) in [6, 6.07) is 5.46. The van der Waals surface area contributed by atoms with Crippen molar-refractivity contribution in [3.05, 3.63) is 29.6 Å². The molecule has 0 radical (unpaired) electrons. The molecular weight excluding hydrogens is 188 g/mol. The Morgan fingerprint density at radius 3 is 3.07 bits per heavy atom. The summed E-state index contributed by atoms with van der Waals surface area (Å²) in [6.07, 6.45) is 2.21. The second kappa shape index (κ2) is 4.09. The minimum absolute atomic E-state index is 0.641. The number of unbranched alkanes of at least 4 members (excludes halogenated alkanes) is 1. The first-order chi connectivity index (χ1) is 7.35. The highest BCUT2D eigenvalue weighted by atomic mass is 15.4. The lowest BCUT2D eigenvalue weighted by atomic mass is 10.2. The highest BCUT2D eigenvalue weighted by Crippen LogP contribution is 2.19. The molecule has 0 aliphatic rings. The van der Waals surface area contributed by atoms with Crippen LogP contribution in [0, 0.1) is 6.57 Å². The molecule has 2 rings (SSSR count). The highest BCUT2D eigenvalue weighted by Gasteiger charge is 2.04. The highest BCUT2D eigenvalue weighted by molar-refractivity contribution is 5.78. The van der Waals surface area contributed by atoms with Gasteiger partial charge in [0.05, 0.1) is 12.1 Å². The molecule has 0 aliphatic heterocycles. The molecule has 0 saturated heterocycles. The lowest BCUT2D eigenvalue weighted by molar-refractivity contribution is 0.567. The Morgan fingerprint density at radius 2 is 2.33 bits per heavy atom. The molecule has 0 fully saturated rings. The standard InChI is InChI=1S/C11H12N4/c1-3-4-7-15-11-8-9(12-2)5-6-10(11)13-14-15/h5-6,8H,3-4,7H2,1H3. The van der Waals surface area contributed by atoms with Gasteiger partial charge in [0.15, 0.2) is 5.69 Å². The van der Waals surface area contributed by atoms with Crippen molar-refractivity contribution >= 4 is 16.7 Å². The normalized spacial score (nSPS) is 10.4. The van der Waals surface area contributed by atoms with Gasteiger partial charge in [-0.15, -0.1) is 5.10 Å². The number of benzene rings is 1. The third-order valence-corrected chi connectivity index (χ3v) is 2.35. The van der Waals surface area contributed by atoms with Crippen molar-refractivity contribution in [2.75, 3.05) is 0 Å². The Bertz CT molecular complexity index is 507. The van der Waals surface area contributed by atoms with Crippen LogP contribution >= 0.6 is 0 Å². The van der Waals surface area contributed by atoms with Gasteiger partial charge >= 0.3 is 0 Å². The Morgan fingerprint density at radius 1 is 1.47 bits per heavy atom. The van der Waals surface area contributed by atoms with E-state index < -0.39 is 0 Å². The zero-order valence-electron chi connectivity index (χ0n) is 8.64. The zero-order chi connectivity index (χ0) is 10.7. The van der Waals surface area contributed by atoms with Crippen molar-refractivity contribution in [1.29, 1.82) is 0 Å². The number of hydrogen-bond acceptors (Lipinski definition) is 2. The quantitative estimate of drug-likeness (QED) is 0.714. The third-order valence-electron chi connectivity index (χ3n) is 2.35. The predicted octanol–water partition coefficient (Wildman–Crippen LogP) is 2.78. The van der Waals surface area contributed by atoms with E-state index in [1.165, 1.54) is 0 Å². The SMILES string of the molecule is [C-]#[N+]c1ccc2nnn(CCCC)c2c1. The molecule has 76 valence electrons. The first-order valence-electron chi connectivity index (χ1n) is 5.06. The molecule has 15 heavy (non-hydrogen) atoms. The minimum atomic E-state index is 0.641. The molecule has 1 aromatic heterocycles. The molecule has 0 atom stereocenters. The number of aryl methyl sites for hydroxylation is 1. The van der Waals surface area contributed by atoms with Crippen LogP contribution in [0.3, 0.4) is 0 Å². The zero-order valence-corrected chi connectivity index (χ0v) is 8.64. The maximum atomic E-state index is 6.96. The first kappa shape index (κ1) is 9.66. The number of hydrogen-bond donors (Lipinski definition) is 0. The molecule has 1 aromatic carbocycles. The van der Waals surface area contributed by atoms with Gasteiger partial charge in [0, 0.05) is 6.54 Å². The average molecular weight is 200 g/mol. The summed E-state index contributed by atoms with van der Waals surface area (Å²) < 4.78 is 1.87. The summed E-state index contributed by atoms with van der Waals surface area (Å²) in [5.41, 5.74) is 2.46. The fourth-order valence-corrected chi connectivity index (χ4v) is 1.50. The molecule has 0 spiro atoms. The largest absolute Gasteiger partial charge is 0.246 e. The van der Waals surface area contributed by atoms with Crippen LogP contribution in [0.15, 0.2) is 18.2 Å². The molecule has 2 aromatic rings. The van der Waals surface area contributed by atoms with Crippen LogP contribution in [-0.4, -0.2) is 15.0 Å². The molecule has 4 heteroatoms. The van der Waals surface area contributed by atoms with Crippen LogP contribution in [0.5, 0.6) is 0 Å². The van der Waals surface area contributed by atoms with E-state index in [4.69, 9.17) is 6.57 Å². The van der Waals surface area contributed by atoms with E-state index in [0.717, 1.165) is 30.4 Å². The van der Waals surface area contributed by atoms with E-state index in [1.54, 1.807) is 6.07 Å². The fourth-order valence-electron chi connectivity index (χ4n) is 1.50. The summed E-state index contributed by atoms with van der Waals surface area (Å²) >= 11 is 0. The van der Waals surface area contributed by atoms with Crippen LogP contribution in [0.2, 0.25) is 0 Å². The molecule has 0 saturated carbocycles. The Hall–Kier alpha value is -1.89. The molecule has 4 nitrogen and oxygen atoms in total. The number of nitrogens with zero attached hydrogens (tertiary/aromatic N) is 4. The van der Waals surface area contributed by atoms with E-state index in [9.17, 15) is 0 Å². The second-order valence-electron chi connectivity index (χ2n) is 3.45. The van der Waals surface area contributed by atoms with Crippen molar-refractivity contribution in [2.45, 2.75) is 26.3 Å². The predicted molar refractivity (Wildman–Crippen MR) is 58.7 cm³/mol. The van der Waals surface area contributed by atoms with Crippen LogP contribution in [0.1, 0.15) is 19.8 Å². The monoisotopic (exact) mass is 200 g/mol. The van der Waals surface area contributed by atoms with Gasteiger partial charge in [-0.3, -0.25) is 0 Å². The van der Waals surface area contributed by atoms with E-state index in [-0.39, 0.29) is 0 Å². The van der Waals surface area contributed by atoms with Gasteiger partial charge in [0.25, 0.3) is 0 Å².